The number of benzene rings is 2. The fourth-order valence-corrected chi connectivity index (χ4v) is 2.40. The summed E-state index contributed by atoms with van der Waals surface area (Å²) in [7, 11) is 1.52. The first-order chi connectivity index (χ1) is 12.4. The van der Waals surface area contributed by atoms with Crippen LogP contribution in [-0.4, -0.2) is 31.7 Å². The van der Waals surface area contributed by atoms with Crippen LogP contribution in [0.5, 0.6) is 11.5 Å². The number of hydrogen-bond donors (Lipinski definition) is 1. The first-order valence-electron chi connectivity index (χ1n) is 8.02. The van der Waals surface area contributed by atoms with E-state index in [4.69, 9.17) is 25.8 Å². The molecule has 0 spiro atoms. The smallest absolute Gasteiger partial charge is 0.347 e. The van der Waals surface area contributed by atoms with Crippen molar-refractivity contribution >= 4 is 29.2 Å². The van der Waals surface area contributed by atoms with Gasteiger partial charge >= 0.3 is 5.97 Å². The zero-order chi connectivity index (χ0) is 19.1. The molecule has 0 aliphatic heterocycles. The lowest BCUT2D eigenvalue weighted by Crippen LogP contribution is -2.26. The standard InChI is InChI=1S/C19H20ClNO5/c1-4-25-19(23)12(2)26-15-8-5-13(6-9-15)18(22)21-14-7-10-17(24-3)16(20)11-14/h5-12H,4H2,1-3H3,(H,21,22)/t12-/m0/s1. The molecule has 26 heavy (non-hydrogen) atoms. The van der Waals surface area contributed by atoms with Gasteiger partial charge in [-0.15, -0.1) is 0 Å². The first kappa shape index (κ1) is 19.6. The van der Waals surface area contributed by atoms with Gasteiger partial charge in [0.05, 0.1) is 18.7 Å². The van der Waals surface area contributed by atoms with Crippen molar-refractivity contribution in [3.8, 4) is 11.5 Å². The maximum absolute atomic E-state index is 12.3. The van der Waals surface area contributed by atoms with Gasteiger partial charge in [0.2, 0.25) is 0 Å². The number of nitrogens with one attached hydrogen (secondary N) is 1. The topological polar surface area (TPSA) is 73.9 Å². The number of esters is 1. The summed E-state index contributed by atoms with van der Waals surface area (Å²) in [5.41, 5.74) is 0.991. The number of anilines is 1. The van der Waals surface area contributed by atoms with E-state index in [0.29, 0.717) is 34.4 Å². The fraction of sp³-hybridized carbons (Fsp3) is 0.263. The minimum atomic E-state index is -0.726. The Kier molecular flexibility index (Phi) is 6.86. The van der Waals surface area contributed by atoms with E-state index in [0.717, 1.165) is 0 Å². The summed E-state index contributed by atoms with van der Waals surface area (Å²) < 4.78 is 15.4. The summed E-state index contributed by atoms with van der Waals surface area (Å²) in [4.78, 5) is 23.9. The molecule has 1 N–H and O–H groups in total. The monoisotopic (exact) mass is 377 g/mol. The molecule has 0 heterocycles. The van der Waals surface area contributed by atoms with Crippen LogP contribution in [0, 0.1) is 0 Å². The molecule has 1 amide bonds. The summed E-state index contributed by atoms with van der Waals surface area (Å²) >= 11 is 6.05. The predicted octanol–water partition coefficient (Wildman–Crippen LogP) is 3.93. The van der Waals surface area contributed by atoms with Crippen molar-refractivity contribution in [1.29, 1.82) is 0 Å². The number of carbonyl (C=O) groups excluding carboxylic acids is 2. The van der Waals surface area contributed by atoms with Crippen LogP contribution >= 0.6 is 11.6 Å². The Morgan fingerprint density at radius 2 is 1.85 bits per heavy atom. The summed E-state index contributed by atoms with van der Waals surface area (Å²) in [6.07, 6.45) is -0.726. The Hall–Kier alpha value is -2.73. The Labute approximate surface area is 157 Å². The van der Waals surface area contributed by atoms with Crippen molar-refractivity contribution in [2.75, 3.05) is 19.0 Å². The van der Waals surface area contributed by atoms with Crippen molar-refractivity contribution in [1.82, 2.24) is 0 Å². The maximum Gasteiger partial charge on any atom is 0.347 e. The second kappa shape index (κ2) is 9.10. The molecule has 0 fully saturated rings. The van der Waals surface area contributed by atoms with Crippen molar-refractivity contribution in [2.24, 2.45) is 0 Å². The highest BCUT2D eigenvalue weighted by molar-refractivity contribution is 6.32. The van der Waals surface area contributed by atoms with E-state index in [2.05, 4.69) is 5.32 Å². The van der Waals surface area contributed by atoms with Crippen molar-refractivity contribution in [2.45, 2.75) is 20.0 Å². The third kappa shape index (κ3) is 5.13. The van der Waals surface area contributed by atoms with E-state index in [1.165, 1.54) is 7.11 Å². The lowest BCUT2D eigenvalue weighted by Gasteiger charge is -2.13. The maximum atomic E-state index is 12.3. The second-order valence-electron chi connectivity index (χ2n) is 5.34. The normalized spacial score (nSPS) is 11.4. The summed E-state index contributed by atoms with van der Waals surface area (Å²) in [6, 6.07) is 11.4. The van der Waals surface area contributed by atoms with E-state index < -0.39 is 12.1 Å². The number of ether oxygens (including phenoxy) is 3. The Balaban J connectivity index is 2.00. The minimum absolute atomic E-state index is 0.293. The van der Waals surface area contributed by atoms with Crippen LogP contribution in [0.15, 0.2) is 42.5 Å². The van der Waals surface area contributed by atoms with Crippen LogP contribution < -0.4 is 14.8 Å². The zero-order valence-corrected chi connectivity index (χ0v) is 15.5. The highest BCUT2D eigenvalue weighted by Gasteiger charge is 2.16. The quantitative estimate of drug-likeness (QED) is 0.740. The minimum Gasteiger partial charge on any atom is -0.495 e. The van der Waals surface area contributed by atoms with Crippen molar-refractivity contribution in [3.63, 3.8) is 0 Å². The third-order valence-corrected chi connectivity index (χ3v) is 3.75. The molecule has 7 heteroatoms. The SMILES string of the molecule is CCOC(=O)[C@H](C)Oc1ccc(C(=O)Nc2ccc(OC)c(Cl)c2)cc1. The van der Waals surface area contributed by atoms with Crippen molar-refractivity contribution < 1.29 is 23.8 Å². The molecule has 0 unspecified atom stereocenters. The van der Waals surface area contributed by atoms with E-state index in [9.17, 15) is 9.59 Å². The van der Waals surface area contributed by atoms with Crippen molar-refractivity contribution in [3.05, 3.63) is 53.1 Å². The highest BCUT2D eigenvalue weighted by atomic mass is 35.5. The van der Waals surface area contributed by atoms with Gasteiger partial charge in [0.25, 0.3) is 5.91 Å². The number of hydrogen-bond acceptors (Lipinski definition) is 5. The average molecular weight is 378 g/mol. The number of rotatable bonds is 7. The molecule has 2 aromatic carbocycles. The van der Waals surface area contributed by atoms with Gasteiger partial charge in [-0.25, -0.2) is 4.79 Å². The molecule has 138 valence electrons. The van der Waals surface area contributed by atoms with Gasteiger partial charge in [0.1, 0.15) is 11.5 Å². The van der Waals surface area contributed by atoms with Crippen LogP contribution in [0.4, 0.5) is 5.69 Å². The van der Waals surface area contributed by atoms with Crippen LogP contribution in [0.3, 0.4) is 0 Å². The number of halogens is 1. The number of methoxy groups -OCH3 is 1. The molecular formula is C19H20ClNO5. The highest BCUT2D eigenvalue weighted by Crippen LogP contribution is 2.27. The first-order valence-corrected chi connectivity index (χ1v) is 8.40. The van der Waals surface area contributed by atoms with Gasteiger partial charge in [-0.2, -0.15) is 0 Å². The molecule has 2 aromatic rings. The van der Waals surface area contributed by atoms with E-state index >= 15 is 0 Å². The largest absolute Gasteiger partial charge is 0.495 e. The summed E-state index contributed by atoms with van der Waals surface area (Å²) in [5.74, 6) is 0.262. The summed E-state index contributed by atoms with van der Waals surface area (Å²) in [6.45, 7) is 3.63. The Morgan fingerprint density at radius 3 is 2.42 bits per heavy atom. The molecular weight excluding hydrogens is 358 g/mol. The summed E-state index contributed by atoms with van der Waals surface area (Å²) in [5, 5.41) is 3.16. The average Bonchev–Trinajstić information content (AvgIpc) is 2.62. The second-order valence-corrected chi connectivity index (χ2v) is 5.75. The molecule has 0 radical (unpaired) electrons. The lowest BCUT2D eigenvalue weighted by atomic mass is 10.2. The predicted molar refractivity (Wildman–Crippen MR) is 99.1 cm³/mol. The van der Waals surface area contributed by atoms with Gasteiger partial charge in [-0.1, -0.05) is 11.6 Å². The van der Waals surface area contributed by atoms with Gasteiger partial charge in [0, 0.05) is 11.3 Å². The van der Waals surface area contributed by atoms with Gasteiger partial charge < -0.3 is 19.5 Å². The molecule has 1 atom stereocenters. The van der Waals surface area contributed by atoms with Crippen LogP contribution in [0.25, 0.3) is 0 Å². The van der Waals surface area contributed by atoms with E-state index in [1.54, 1.807) is 56.3 Å². The zero-order valence-electron chi connectivity index (χ0n) is 14.7. The van der Waals surface area contributed by atoms with Crippen LogP contribution in [0.2, 0.25) is 5.02 Å². The molecule has 0 saturated heterocycles. The molecule has 0 aromatic heterocycles. The number of carbonyl (C=O) groups is 2. The van der Waals surface area contributed by atoms with Gasteiger partial charge in [-0.3, -0.25) is 4.79 Å². The molecule has 0 saturated carbocycles. The third-order valence-electron chi connectivity index (χ3n) is 3.46. The Morgan fingerprint density at radius 1 is 1.15 bits per heavy atom. The Bertz CT molecular complexity index is 776. The molecule has 0 aliphatic rings. The molecule has 0 aliphatic carbocycles. The van der Waals surface area contributed by atoms with Crippen LogP contribution in [0.1, 0.15) is 24.2 Å². The van der Waals surface area contributed by atoms with Gasteiger partial charge in [-0.05, 0) is 56.3 Å². The van der Waals surface area contributed by atoms with E-state index in [-0.39, 0.29) is 5.91 Å². The fourth-order valence-electron chi connectivity index (χ4n) is 2.14. The lowest BCUT2D eigenvalue weighted by molar-refractivity contribution is -0.150. The number of amides is 1. The molecule has 2 rings (SSSR count). The van der Waals surface area contributed by atoms with Crippen LogP contribution in [-0.2, 0) is 9.53 Å². The molecule has 6 nitrogen and oxygen atoms in total. The van der Waals surface area contributed by atoms with E-state index in [1.807, 2.05) is 0 Å². The molecule has 0 bridgehead atoms. The van der Waals surface area contributed by atoms with Gasteiger partial charge in [0.15, 0.2) is 6.10 Å².